The first-order chi connectivity index (χ1) is 14.1. The minimum Gasteiger partial charge on any atom is -0.465 e. The lowest BCUT2D eigenvalue weighted by Crippen LogP contribution is -2.31. The van der Waals surface area contributed by atoms with Gasteiger partial charge in [0, 0.05) is 18.0 Å². The van der Waals surface area contributed by atoms with Gasteiger partial charge < -0.3 is 15.0 Å². The average Bonchev–Trinajstić information content (AvgIpc) is 3.22. The van der Waals surface area contributed by atoms with Gasteiger partial charge in [0.2, 0.25) is 5.95 Å². The topological polar surface area (TPSA) is 85.2 Å². The molecule has 1 N–H and O–H groups in total. The molecule has 0 saturated carbocycles. The Bertz CT molecular complexity index is 977. The fourth-order valence-electron chi connectivity index (χ4n) is 3.47. The normalized spacial score (nSPS) is 15.2. The van der Waals surface area contributed by atoms with Gasteiger partial charge in [-0.3, -0.25) is 4.68 Å². The first kappa shape index (κ1) is 19.1. The Balaban J connectivity index is 1.46. The number of methoxy groups -OCH3 is 1. The fourth-order valence-corrected chi connectivity index (χ4v) is 3.47. The van der Waals surface area contributed by atoms with E-state index in [1.165, 1.54) is 7.11 Å². The lowest BCUT2D eigenvalue weighted by Gasteiger charge is -2.28. The third kappa shape index (κ3) is 4.43. The molecule has 1 aliphatic rings. The number of nitrogens with zero attached hydrogens (tertiary/aromatic N) is 5. The highest BCUT2D eigenvalue weighted by atomic mass is 16.5. The molecule has 1 saturated heterocycles. The number of hydrogen-bond acceptors (Lipinski definition) is 7. The van der Waals surface area contributed by atoms with E-state index in [0.717, 1.165) is 42.9 Å². The molecule has 0 amide bonds. The molecule has 0 spiro atoms. The maximum Gasteiger partial charge on any atom is 0.337 e. The predicted molar refractivity (Wildman–Crippen MR) is 110 cm³/mol. The van der Waals surface area contributed by atoms with Crippen molar-refractivity contribution >= 4 is 17.6 Å². The quantitative estimate of drug-likeness (QED) is 0.668. The Morgan fingerprint density at radius 2 is 1.93 bits per heavy atom. The Labute approximate surface area is 169 Å². The second-order valence-corrected chi connectivity index (χ2v) is 7.20. The zero-order valence-corrected chi connectivity index (χ0v) is 16.6. The summed E-state index contributed by atoms with van der Waals surface area (Å²) in [5.41, 5.74) is 3.03. The fraction of sp³-hybridized carbons (Fsp3) is 0.333. The van der Waals surface area contributed by atoms with Gasteiger partial charge >= 0.3 is 5.97 Å². The molecule has 150 valence electrons. The van der Waals surface area contributed by atoms with Gasteiger partial charge in [0.05, 0.1) is 36.3 Å². The molecule has 0 aliphatic carbocycles. The van der Waals surface area contributed by atoms with Gasteiger partial charge in [0.1, 0.15) is 0 Å². The van der Waals surface area contributed by atoms with Gasteiger partial charge in [0.25, 0.3) is 0 Å². The minimum atomic E-state index is -0.358. The van der Waals surface area contributed by atoms with Gasteiger partial charge in [-0.2, -0.15) is 5.10 Å². The molecule has 3 aromatic rings. The van der Waals surface area contributed by atoms with Gasteiger partial charge in [-0.05, 0) is 51.2 Å². The number of carbonyl (C=O) groups excluding carboxylic acids is 1. The number of aromatic nitrogens is 4. The van der Waals surface area contributed by atoms with Crippen LogP contribution in [-0.2, 0) is 4.74 Å². The Kier molecular flexibility index (Phi) is 5.53. The first-order valence-electron chi connectivity index (χ1n) is 9.64. The number of hydrogen-bond donors (Lipinski definition) is 1. The summed E-state index contributed by atoms with van der Waals surface area (Å²) in [6, 6.07) is 9.40. The lowest BCUT2D eigenvalue weighted by atomic mass is 10.1. The molecule has 8 heteroatoms. The number of ether oxygens (including phenoxy) is 1. The Morgan fingerprint density at radius 1 is 1.17 bits per heavy atom. The van der Waals surface area contributed by atoms with Gasteiger partial charge in [-0.25, -0.2) is 14.8 Å². The lowest BCUT2D eigenvalue weighted by molar-refractivity contribution is 0.0601. The van der Waals surface area contributed by atoms with Crippen molar-refractivity contribution in [1.82, 2.24) is 24.6 Å². The van der Waals surface area contributed by atoms with Crippen molar-refractivity contribution in [1.29, 1.82) is 0 Å². The highest BCUT2D eigenvalue weighted by Crippen LogP contribution is 2.24. The van der Waals surface area contributed by atoms with Crippen molar-refractivity contribution in [3.05, 3.63) is 54.5 Å². The van der Waals surface area contributed by atoms with E-state index < -0.39 is 0 Å². The Hall–Kier alpha value is -3.26. The monoisotopic (exact) mass is 392 g/mol. The van der Waals surface area contributed by atoms with Crippen molar-refractivity contribution in [2.45, 2.75) is 18.9 Å². The summed E-state index contributed by atoms with van der Waals surface area (Å²) in [5.74, 6) is 0.144. The largest absolute Gasteiger partial charge is 0.465 e. The number of piperidine rings is 1. The minimum absolute atomic E-state index is 0.358. The summed E-state index contributed by atoms with van der Waals surface area (Å²) in [4.78, 5) is 22.8. The zero-order chi connectivity index (χ0) is 20.2. The molecule has 2 aromatic heterocycles. The van der Waals surface area contributed by atoms with E-state index >= 15 is 0 Å². The van der Waals surface area contributed by atoms with E-state index in [-0.39, 0.29) is 5.97 Å². The molecular weight excluding hydrogens is 368 g/mol. The molecular formula is C21H24N6O2. The van der Waals surface area contributed by atoms with Crippen LogP contribution < -0.4 is 5.32 Å². The third-order valence-corrected chi connectivity index (χ3v) is 5.18. The van der Waals surface area contributed by atoms with Crippen molar-refractivity contribution in [3.63, 3.8) is 0 Å². The van der Waals surface area contributed by atoms with Crippen LogP contribution >= 0.6 is 0 Å². The van der Waals surface area contributed by atoms with Crippen molar-refractivity contribution in [2.75, 3.05) is 32.6 Å². The summed E-state index contributed by atoms with van der Waals surface area (Å²) in [6.45, 7) is 2.18. The maximum absolute atomic E-state index is 11.6. The highest BCUT2D eigenvalue weighted by molar-refractivity contribution is 5.89. The first-order valence-corrected chi connectivity index (χ1v) is 9.64. The predicted octanol–water partition coefficient (Wildman–Crippen LogP) is 3.14. The Morgan fingerprint density at radius 3 is 2.66 bits per heavy atom. The number of rotatable bonds is 5. The van der Waals surface area contributed by atoms with Crippen LogP contribution in [0.15, 0.2) is 48.9 Å². The van der Waals surface area contributed by atoms with Crippen molar-refractivity contribution in [2.24, 2.45) is 0 Å². The smallest absolute Gasteiger partial charge is 0.337 e. The van der Waals surface area contributed by atoms with E-state index in [1.807, 2.05) is 29.1 Å². The molecule has 0 bridgehead atoms. The molecule has 3 heterocycles. The molecule has 1 fully saturated rings. The summed E-state index contributed by atoms with van der Waals surface area (Å²) in [5, 5.41) is 7.74. The van der Waals surface area contributed by atoms with Gasteiger partial charge in [-0.15, -0.1) is 0 Å². The van der Waals surface area contributed by atoms with E-state index in [1.54, 1.807) is 24.5 Å². The van der Waals surface area contributed by atoms with Crippen LogP contribution in [0.5, 0.6) is 0 Å². The van der Waals surface area contributed by atoms with Gasteiger partial charge in [0.15, 0.2) is 0 Å². The number of likely N-dealkylation sites (tertiary alicyclic amines) is 1. The summed E-state index contributed by atoms with van der Waals surface area (Å²) in [6.07, 6.45) is 7.73. The molecule has 0 unspecified atom stereocenters. The van der Waals surface area contributed by atoms with Gasteiger partial charge in [-0.1, -0.05) is 12.1 Å². The van der Waals surface area contributed by atoms with E-state index in [2.05, 4.69) is 32.3 Å². The molecule has 4 rings (SSSR count). The second kappa shape index (κ2) is 8.40. The van der Waals surface area contributed by atoms with Crippen molar-refractivity contribution < 1.29 is 9.53 Å². The molecule has 1 aromatic carbocycles. The van der Waals surface area contributed by atoms with E-state index in [9.17, 15) is 4.79 Å². The maximum atomic E-state index is 11.6. The molecule has 0 radical (unpaired) electrons. The van der Waals surface area contributed by atoms with Crippen LogP contribution in [0.4, 0.5) is 11.6 Å². The molecule has 0 atom stereocenters. The average molecular weight is 392 g/mol. The molecule has 29 heavy (non-hydrogen) atoms. The molecule has 1 aliphatic heterocycles. The zero-order valence-electron chi connectivity index (χ0n) is 16.6. The van der Waals surface area contributed by atoms with Crippen LogP contribution in [0.25, 0.3) is 11.3 Å². The SMILES string of the molecule is COC(=O)c1ccc(-c2ccnc(Nc3cnn(C4CCN(C)CC4)c3)n2)cc1. The third-order valence-electron chi connectivity index (χ3n) is 5.18. The second-order valence-electron chi connectivity index (χ2n) is 7.20. The number of nitrogens with one attached hydrogen (secondary N) is 1. The molecule has 8 nitrogen and oxygen atoms in total. The summed E-state index contributed by atoms with van der Waals surface area (Å²) >= 11 is 0. The van der Waals surface area contributed by atoms with E-state index in [4.69, 9.17) is 4.74 Å². The van der Waals surface area contributed by atoms with Crippen LogP contribution in [0, 0.1) is 0 Å². The van der Waals surface area contributed by atoms with Crippen LogP contribution in [0.1, 0.15) is 29.2 Å². The number of anilines is 2. The number of benzene rings is 1. The number of esters is 1. The van der Waals surface area contributed by atoms with Crippen LogP contribution in [-0.4, -0.2) is 57.9 Å². The standard InChI is InChI=1S/C21H24N6O2/c1-26-11-8-18(9-12-26)27-14-17(13-23-27)24-21-22-10-7-19(25-21)15-3-5-16(6-4-15)20(28)29-2/h3-7,10,13-14,18H,8-9,11-12H2,1-2H3,(H,22,24,25). The van der Waals surface area contributed by atoms with Crippen LogP contribution in [0.2, 0.25) is 0 Å². The summed E-state index contributed by atoms with van der Waals surface area (Å²) < 4.78 is 6.77. The van der Waals surface area contributed by atoms with Crippen LogP contribution in [0.3, 0.4) is 0 Å². The highest BCUT2D eigenvalue weighted by Gasteiger charge is 2.19. The van der Waals surface area contributed by atoms with Crippen molar-refractivity contribution in [3.8, 4) is 11.3 Å². The number of carbonyl (C=O) groups is 1. The van der Waals surface area contributed by atoms with E-state index in [0.29, 0.717) is 17.6 Å². The summed E-state index contributed by atoms with van der Waals surface area (Å²) in [7, 11) is 3.52.